The van der Waals surface area contributed by atoms with E-state index in [0.29, 0.717) is 33.5 Å². The van der Waals surface area contributed by atoms with Crippen LogP contribution in [0, 0.1) is 0 Å². The zero-order valence-corrected chi connectivity index (χ0v) is 13.7. The summed E-state index contributed by atoms with van der Waals surface area (Å²) < 4.78 is 10.5. The molecule has 0 aliphatic carbocycles. The van der Waals surface area contributed by atoms with Crippen LogP contribution in [0.5, 0.6) is 0 Å². The van der Waals surface area contributed by atoms with E-state index in [-0.39, 0.29) is 11.3 Å². The van der Waals surface area contributed by atoms with Crippen molar-refractivity contribution < 1.29 is 18.7 Å². The Hall–Kier alpha value is -3.41. The predicted molar refractivity (Wildman–Crippen MR) is 93.6 cm³/mol. The van der Waals surface area contributed by atoms with Gasteiger partial charge in [-0.15, -0.1) is 0 Å². The first kappa shape index (κ1) is 16.4. The normalized spacial score (nSPS) is 10.5. The Balaban J connectivity index is 2.05. The van der Waals surface area contributed by atoms with Crippen molar-refractivity contribution in [3.05, 3.63) is 64.3 Å². The van der Waals surface area contributed by atoms with Gasteiger partial charge < -0.3 is 14.5 Å². The number of anilines is 1. The zero-order chi connectivity index (χ0) is 18.0. The summed E-state index contributed by atoms with van der Waals surface area (Å²) in [4.78, 5) is 35.0. The molecule has 3 aromatic rings. The largest absolute Gasteiger partial charge is 0.465 e. The van der Waals surface area contributed by atoms with Crippen LogP contribution >= 0.6 is 0 Å². The maximum Gasteiger partial charge on any atom is 0.337 e. The van der Waals surface area contributed by atoms with Crippen LogP contribution in [0.4, 0.5) is 5.69 Å². The van der Waals surface area contributed by atoms with E-state index in [2.05, 4.69) is 10.1 Å². The van der Waals surface area contributed by atoms with Crippen LogP contribution in [0.2, 0.25) is 0 Å². The molecule has 25 heavy (non-hydrogen) atoms. The standard InChI is InChI=1S/C19H15NO5/c1-11(21)20-14-7-8-15-16(22)10-17(25-18(15)9-14)12-3-5-13(6-4-12)19(23)24-2/h3-10H,1-2H3,(H,20,21). The second-order valence-electron chi connectivity index (χ2n) is 5.44. The Bertz CT molecular complexity index is 1020. The van der Waals surface area contributed by atoms with Crippen LogP contribution in [0.25, 0.3) is 22.3 Å². The van der Waals surface area contributed by atoms with E-state index in [0.717, 1.165) is 0 Å². The third kappa shape index (κ3) is 3.42. The third-order valence-electron chi connectivity index (χ3n) is 3.64. The summed E-state index contributed by atoms with van der Waals surface area (Å²) in [6.07, 6.45) is 0. The SMILES string of the molecule is COC(=O)c1ccc(-c2cc(=O)c3ccc(NC(C)=O)cc3o2)cc1. The fourth-order valence-electron chi connectivity index (χ4n) is 2.47. The summed E-state index contributed by atoms with van der Waals surface area (Å²) in [5, 5.41) is 3.07. The van der Waals surface area contributed by atoms with Crippen LogP contribution in [0.3, 0.4) is 0 Å². The number of carbonyl (C=O) groups excluding carboxylic acids is 2. The third-order valence-corrected chi connectivity index (χ3v) is 3.64. The molecule has 3 rings (SSSR count). The van der Waals surface area contributed by atoms with Crippen LogP contribution < -0.4 is 10.7 Å². The Morgan fingerprint density at radius 2 is 1.76 bits per heavy atom. The van der Waals surface area contributed by atoms with Gasteiger partial charge in [0.2, 0.25) is 5.91 Å². The van der Waals surface area contributed by atoms with Crippen LogP contribution in [0.1, 0.15) is 17.3 Å². The van der Waals surface area contributed by atoms with Gasteiger partial charge in [0.05, 0.1) is 18.1 Å². The molecule has 0 saturated carbocycles. The van der Waals surface area contributed by atoms with Crippen molar-refractivity contribution in [1.82, 2.24) is 0 Å². The summed E-state index contributed by atoms with van der Waals surface area (Å²) in [7, 11) is 1.31. The van der Waals surface area contributed by atoms with Crippen molar-refractivity contribution in [3.63, 3.8) is 0 Å². The van der Waals surface area contributed by atoms with Crippen molar-refractivity contribution in [2.75, 3.05) is 12.4 Å². The molecule has 2 aromatic carbocycles. The second kappa shape index (κ2) is 6.60. The Labute approximate surface area is 143 Å². The Morgan fingerprint density at radius 1 is 1.04 bits per heavy atom. The maximum absolute atomic E-state index is 12.3. The van der Waals surface area contributed by atoms with E-state index in [4.69, 9.17) is 4.42 Å². The molecule has 0 aliphatic rings. The van der Waals surface area contributed by atoms with Gasteiger partial charge in [-0.2, -0.15) is 0 Å². The topological polar surface area (TPSA) is 85.6 Å². The Kier molecular flexibility index (Phi) is 4.35. The predicted octanol–water partition coefficient (Wildman–Crippen LogP) is 3.21. The van der Waals surface area contributed by atoms with E-state index in [9.17, 15) is 14.4 Å². The van der Waals surface area contributed by atoms with Crippen molar-refractivity contribution >= 4 is 28.5 Å². The monoisotopic (exact) mass is 337 g/mol. The Morgan fingerprint density at radius 3 is 2.40 bits per heavy atom. The van der Waals surface area contributed by atoms with Gasteiger partial charge in [-0.3, -0.25) is 9.59 Å². The molecule has 6 heteroatoms. The molecule has 0 bridgehead atoms. The highest BCUT2D eigenvalue weighted by Gasteiger charge is 2.10. The summed E-state index contributed by atoms with van der Waals surface area (Å²) in [6.45, 7) is 1.40. The molecule has 1 amide bonds. The highest BCUT2D eigenvalue weighted by atomic mass is 16.5. The van der Waals surface area contributed by atoms with E-state index in [1.165, 1.54) is 20.1 Å². The number of methoxy groups -OCH3 is 1. The quantitative estimate of drug-likeness (QED) is 0.742. The number of amides is 1. The minimum absolute atomic E-state index is 0.192. The molecule has 0 spiro atoms. The van der Waals surface area contributed by atoms with E-state index >= 15 is 0 Å². The maximum atomic E-state index is 12.3. The number of nitrogens with one attached hydrogen (secondary N) is 1. The van der Waals surface area contributed by atoms with Crippen molar-refractivity contribution in [3.8, 4) is 11.3 Å². The lowest BCUT2D eigenvalue weighted by molar-refractivity contribution is -0.114. The molecule has 0 atom stereocenters. The summed E-state index contributed by atoms with van der Waals surface area (Å²) >= 11 is 0. The van der Waals surface area contributed by atoms with Gasteiger partial charge in [-0.25, -0.2) is 4.79 Å². The van der Waals surface area contributed by atoms with Gasteiger partial charge >= 0.3 is 5.97 Å². The number of hydrogen-bond donors (Lipinski definition) is 1. The van der Waals surface area contributed by atoms with E-state index in [1.807, 2.05) is 0 Å². The van der Waals surface area contributed by atoms with Gasteiger partial charge in [0.1, 0.15) is 11.3 Å². The lowest BCUT2D eigenvalue weighted by atomic mass is 10.1. The summed E-state index contributed by atoms with van der Waals surface area (Å²) in [5.41, 5.74) is 1.77. The second-order valence-corrected chi connectivity index (χ2v) is 5.44. The average molecular weight is 337 g/mol. The summed E-state index contributed by atoms with van der Waals surface area (Å²) in [5.74, 6) is -0.281. The molecular formula is C19H15NO5. The van der Waals surface area contributed by atoms with E-state index < -0.39 is 5.97 Å². The zero-order valence-electron chi connectivity index (χ0n) is 13.7. The number of hydrogen-bond acceptors (Lipinski definition) is 5. The van der Waals surface area contributed by atoms with Crippen LogP contribution in [-0.4, -0.2) is 19.0 Å². The van der Waals surface area contributed by atoms with Crippen LogP contribution in [0.15, 0.2) is 57.7 Å². The first-order valence-corrected chi connectivity index (χ1v) is 7.52. The fourth-order valence-corrected chi connectivity index (χ4v) is 2.47. The van der Waals surface area contributed by atoms with Gasteiger partial charge in [-0.1, -0.05) is 12.1 Å². The minimum atomic E-state index is -0.438. The van der Waals surface area contributed by atoms with Gasteiger partial charge in [0.15, 0.2) is 5.43 Å². The van der Waals surface area contributed by atoms with Crippen molar-refractivity contribution in [1.29, 1.82) is 0 Å². The molecule has 0 radical (unpaired) electrons. The number of esters is 1. The van der Waals surface area contributed by atoms with Gasteiger partial charge in [0.25, 0.3) is 0 Å². The number of fused-ring (bicyclic) bond motifs is 1. The van der Waals surface area contributed by atoms with Gasteiger partial charge in [-0.05, 0) is 24.3 Å². The fraction of sp³-hybridized carbons (Fsp3) is 0.105. The highest BCUT2D eigenvalue weighted by Crippen LogP contribution is 2.24. The molecule has 0 saturated heterocycles. The lowest BCUT2D eigenvalue weighted by Gasteiger charge is -2.06. The molecule has 126 valence electrons. The molecule has 1 N–H and O–H groups in total. The van der Waals surface area contributed by atoms with Crippen molar-refractivity contribution in [2.24, 2.45) is 0 Å². The first-order valence-electron chi connectivity index (χ1n) is 7.52. The van der Waals surface area contributed by atoms with Crippen LogP contribution in [-0.2, 0) is 9.53 Å². The number of benzene rings is 2. The average Bonchev–Trinajstić information content (AvgIpc) is 2.60. The molecule has 6 nitrogen and oxygen atoms in total. The molecule has 1 heterocycles. The number of rotatable bonds is 3. The molecule has 0 aliphatic heterocycles. The molecule has 0 unspecified atom stereocenters. The molecular weight excluding hydrogens is 322 g/mol. The highest BCUT2D eigenvalue weighted by molar-refractivity contribution is 5.92. The first-order chi connectivity index (χ1) is 12.0. The number of ether oxygens (including phenoxy) is 1. The molecule has 1 aromatic heterocycles. The smallest absolute Gasteiger partial charge is 0.337 e. The molecule has 0 fully saturated rings. The summed E-state index contributed by atoms with van der Waals surface area (Å²) in [6, 6.07) is 12.8. The van der Waals surface area contributed by atoms with Crippen molar-refractivity contribution in [2.45, 2.75) is 6.92 Å². The minimum Gasteiger partial charge on any atom is -0.465 e. The number of carbonyl (C=O) groups is 2. The lowest BCUT2D eigenvalue weighted by Crippen LogP contribution is -2.06. The van der Waals surface area contributed by atoms with E-state index in [1.54, 1.807) is 42.5 Å². The van der Waals surface area contributed by atoms with Gasteiger partial charge in [0, 0.05) is 30.3 Å².